The van der Waals surface area contributed by atoms with Crippen molar-refractivity contribution in [1.29, 1.82) is 0 Å². The minimum absolute atomic E-state index is 0.139. The van der Waals surface area contributed by atoms with Crippen molar-refractivity contribution >= 4 is 34.7 Å². The lowest BCUT2D eigenvalue weighted by molar-refractivity contribution is -0.136. The summed E-state index contributed by atoms with van der Waals surface area (Å²) in [7, 11) is 3.70. The predicted octanol–water partition coefficient (Wildman–Crippen LogP) is 3.86. The van der Waals surface area contributed by atoms with Crippen molar-refractivity contribution in [3.63, 3.8) is 0 Å². The van der Waals surface area contributed by atoms with Crippen LogP contribution in [0.4, 0.5) is 0 Å². The summed E-state index contributed by atoms with van der Waals surface area (Å²) in [5.41, 5.74) is 2.90. The third-order valence-electron chi connectivity index (χ3n) is 8.03. The standard InChI is InChI=1S/C33H43N5O4/c1-7-21(4)28-32(40)34-17-16-22-12-14-24(15-13-22)42-30(20(2)3)29(33(41)36-28)37-31(39)27(38(5)6)18-23-19-35-26-11-9-8-10-25(23)26/h8-17,19-21,27-30,35H,7,18H2,1-6H3,(H,34,40)(H,36,41)(H,37,39)/b17-16+/t21-,27+,28+,29-,30+/m1/s1. The third-order valence-corrected chi connectivity index (χ3v) is 8.03. The smallest absolute Gasteiger partial charge is 0.247 e. The van der Waals surface area contributed by atoms with E-state index in [0.717, 1.165) is 22.0 Å². The molecule has 0 spiro atoms. The van der Waals surface area contributed by atoms with Crippen LogP contribution in [0.15, 0.2) is 60.9 Å². The fraction of sp³-hybridized carbons (Fsp3) is 0.424. The summed E-state index contributed by atoms with van der Waals surface area (Å²) in [5, 5.41) is 9.84. The molecule has 0 radical (unpaired) electrons. The van der Waals surface area contributed by atoms with E-state index in [0.29, 0.717) is 18.6 Å². The number of hydrogen-bond acceptors (Lipinski definition) is 5. The Kier molecular flexibility index (Phi) is 10.1. The molecule has 224 valence electrons. The highest BCUT2D eigenvalue weighted by molar-refractivity contribution is 5.94. The first kappa shape index (κ1) is 30.8. The zero-order chi connectivity index (χ0) is 30.4. The fourth-order valence-electron chi connectivity index (χ4n) is 5.22. The summed E-state index contributed by atoms with van der Waals surface area (Å²) < 4.78 is 6.39. The van der Waals surface area contributed by atoms with Gasteiger partial charge in [0.05, 0.1) is 6.04 Å². The maximum absolute atomic E-state index is 14.0. The van der Waals surface area contributed by atoms with Gasteiger partial charge in [-0.1, -0.05) is 64.4 Å². The fourth-order valence-corrected chi connectivity index (χ4v) is 5.22. The molecule has 2 aromatic carbocycles. The lowest BCUT2D eigenvalue weighted by Gasteiger charge is -2.34. The molecular weight excluding hydrogens is 530 g/mol. The van der Waals surface area contributed by atoms with Crippen LogP contribution in [0.2, 0.25) is 0 Å². The number of carbonyl (C=O) groups is 3. The summed E-state index contributed by atoms with van der Waals surface area (Å²) in [6.45, 7) is 7.79. The molecular formula is C33H43N5O4. The van der Waals surface area contributed by atoms with Crippen LogP contribution in [0.1, 0.15) is 45.2 Å². The van der Waals surface area contributed by atoms with Crippen LogP contribution in [0.5, 0.6) is 5.75 Å². The van der Waals surface area contributed by atoms with Crippen molar-refractivity contribution in [2.24, 2.45) is 11.8 Å². The lowest BCUT2D eigenvalue weighted by Crippen LogP contribution is -2.62. The molecule has 2 aliphatic heterocycles. The molecule has 2 bridgehead atoms. The molecule has 0 aliphatic carbocycles. The van der Waals surface area contributed by atoms with Crippen LogP contribution in [0.25, 0.3) is 17.0 Å². The second-order valence-corrected chi connectivity index (χ2v) is 11.6. The van der Waals surface area contributed by atoms with Crippen LogP contribution in [-0.2, 0) is 20.8 Å². The van der Waals surface area contributed by atoms with Gasteiger partial charge in [0.25, 0.3) is 0 Å². The van der Waals surface area contributed by atoms with Gasteiger partial charge in [-0.15, -0.1) is 0 Å². The summed E-state index contributed by atoms with van der Waals surface area (Å²) in [6.07, 6.45) is 5.72. The minimum Gasteiger partial charge on any atom is -0.487 e. The van der Waals surface area contributed by atoms with Gasteiger partial charge in [-0.2, -0.15) is 0 Å². The van der Waals surface area contributed by atoms with E-state index < -0.39 is 30.1 Å². The molecule has 3 aromatic rings. The number of hydrogen-bond donors (Lipinski definition) is 4. The lowest BCUT2D eigenvalue weighted by atomic mass is 9.94. The zero-order valence-electron chi connectivity index (χ0n) is 25.3. The Morgan fingerprint density at radius 3 is 2.40 bits per heavy atom. The SMILES string of the molecule is CC[C@@H](C)[C@@H]1NC(=O)[C@H](NC(=O)[C@H](Cc2c[nH]c3ccccc23)N(C)C)[C@H](C(C)C)Oc2ccc(cc2)/C=C/NC1=O. The number of amides is 3. The second-order valence-electron chi connectivity index (χ2n) is 11.6. The van der Waals surface area contributed by atoms with Gasteiger partial charge < -0.3 is 25.7 Å². The van der Waals surface area contributed by atoms with Gasteiger partial charge in [0.15, 0.2) is 0 Å². The number of rotatable bonds is 8. The van der Waals surface area contributed by atoms with Crippen LogP contribution >= 0.6 is 0 Å². The molecule has 2 aliphatic rings. The van der Waals surface area contributed by atoms with E-state index in [-0.39, 0.29) is 23.7 Å². The molecule has 0 saturated heterocycles. The first-order chi connectivity index (χ1) is 20.1. The quantitative estimate of drug-likeness (QED) is 0.327. The monoisotopic (exact) mass is 573 g/mol. The Bertz CT molecular complexity index is 1410. The number of aromatic nitrogens is 1. The van der Waals surface area contributed by atoms with Gasteiger partial charge in [-0.3, -0.25) is 19.3 Å². The van der Waals surface area contributed by atoms with E-state index in [4.69, 9.17) is 4.74 Å². The summed E-state index contributed by atoms with van der Waals surface area (Å²) >= 11 is 0. The predicted molar refractivity (Wildman–Crippen MR) is 166 cm³/mol. The summed E-state index contributed by atoms with van der Waals surface area (Å²) in [4.78, 5) is 46.3. The van der Waals surface area contributed by atoms with Gasteiger partial charge in [-0.25, -0.2) is 0 Å². The molecule has 0 saturated carbocycles. The summed E-state index contributed by atoms with van der Waals surface area (Å²) in [6, 6.07) is 13.0. The number of H-pyrrole nitrogens is 1. The number of nitrogens with zero attached hydrogens (tertiary/aromatic N) is 1. The zero-order valence-corrected chi connectivity index (χ0v) is 25.3. The van der Waals surface area contributed by atoms with Crippen molar-refractivity contribution < 1.29 is 19.1 Å². The number of benzene rings is 2. The van der Waals surface area contributed by atoms with Crippen LogP contribution in [0, 0.1) is 11.8 Å². The van der Waals surface area contributed by atoms with E-state index in [2.05, 4.69) is 20.9 Å². The number of likely N-dealkylation sites (N-methyl/N-ethyl adjacent to an activating group) is 1. The van der Waals surface area contributed by atoms with Crippen LogP contribution in [0.3, 0.4) is 0 Å². The molecule has 42 heavy (non-hydrogen) atoms. The average molecular weight is 574 g/mol. The molecule has 5 atom stereocenters. The Balaban J connectivity index is 1.69. The number of aromatic amines is 1. The Morgan fingerprint density at radius 2 is 1.74 bits per heavy atom. The maximum Gasteiger partial charge on any atom is 0.247 e. The van der Waals surface area contributed by atoms with Crippen molar-refractivity contribution in [1.82, 2.24) is 25.8 Å². The largest absolute Gasteiger partial charge is 0.487 e. The Labute approximate surface area is 248 Å². The van der Waals surface area contributed by atoms with E-state index >= 15 is 0 Å². The minimum atomic E-state index is -1.06. The number of para-hydroxylation sites is 1. The number of nitrogens with one attached hydrogen (secondary N) is 4. The highest BCUT2D eigenvalue weighted by atomic mass is 16.5. The van der Waals surface area contributed by atoms with Gasteiger partial charge in [0.1, 0.15) is 23.9 Å². The molecule has 9 heteroatoms. The number of fused-ring (bicyclic) bond motifs is 11. The molecule has 0 fully saturated rings. The van der Waals surface area contributed by atoms with Gasteiger partial charge in [0.2, 0.25) is 17.7 Å². The summed E-state index contributed by atoms with van der Waals surface area (Å²) in [5.74, 6) is -0.787. The normalized spacial score (nSPS) is 21.8. The van der Waals surface area contributed by atoms with Crippen molar-refractivity contribution in [3.05, 3.63) is 72.1 Å². The van der Waals surface area contributed by atoms with Gasteiger partial charge >= 0.3 is 0 Å². The maximum atomic E-state index is 14.0. The topological polar surface area (TPSA) is 116 Å². The van der Waals surface area contributed by atoms with Crippen LogP contribution < -0.4 is 20.7 Å². The highest BCUT2D eigenvalue weighted by Crippen LogP contribution is 2.23. The molecule has 5 rings (SSSR count). The Hall–Kier alpha value is -4.11. The first-order valence-electron chi connectivity index (χ1n) is 14.6. The van der Waals surface area contributed by atoms with E-state index in [9.17, 15) is 14.4 Å². The van der Waals surface area contributed by atoms with Crippen LogP contribution in [-0.4, -0.2) is 65.9 Å². The first-order valence-corrected chi connectivity index (χ1v) is 14.6. The van der Waals surface area contributed by atoms with E-state index in [1.165, 1.54) is 0 Å². The number of ether oxygens (including phenoxy) is 1. The van der Waals surface area contributed by atoms with Gasteiger partial charge in [-0.05, 0) is 67.8 Å². The Morgan fingerprint density at radius 1 is 1.02 bits per heavy atom. The molecule has 3 amide bonds. The highest BCUT2D eigenvalue weighted by Gasteiger charge is 2.38. The van der Waals surface area contributed by atoms with E-state index in [1.54, 1.807) is 12.3 Å². The third kappa shape index (κ3) is 7.20. The molecule has 0 unspecified atom stereocenters. The molecule has 4 N–H and O–H groups in total. The van der Waals surface area contributed by atoms with Crippen molar-refractivity contribution in [3.8, 4) is 5.75 Å². The molecule has 1 aromatic heterocycles. The average Bonchev–Trinajstić information content (AvgIpc) is 3.38. The van der Waals surface area contributed by atoms with Crippen molar-refractivity contribution in [2.75, 3.05) is 14.1 Å². The second kappa shape index (κ2) is 13.7. The van der Waals surface area contributed by atoms with Crippen molar-refractivity contribution in [2.45, 2.75) is 64.8 Å². The number of carbonyl (C=O) groups excluding carboxylic acids is 3. The van der Waals surface area contributed by atoms with E-state index in [1.807, 2.05) is 101 Å². The molecule has 9 nitrogen and oxygen atoms in total. The van der Waals surface area contributed by atoms with Gasteiger partial charge in [0, 0.05) is 23.3 Å². The molecule has 3 heterocycles.